The maximum absolute atomic E-state index is 12.5. The minimum atomic E-state index is -0.432. The smallest absolute Gasteiger partial charge is 0.410 e. The van der Waals surface area contributed by atoms with Gasteiger partial charge in [0, 0.05) is 18.6 Å². The SMILES string of the molecule is CONC1CCCC1C1CCCCN1C(=O)OC(C)(C)C. The van der Waals surface area contributed by atoms with Crippen LogP contribution in [0.1, 0.15) is 59.3 Å². The van der Waals surface area contributed by atoms with E-state index in [9.17, 15) is 4.79 Å². The summed E-state index contributed by atoms with van der Waals surface area (Å²) in [5.74, 6) is 0.470. The van der Waals surface area contributed by atoms with E-state index in [0.717, 1.165) is 32.2 Å². The predicted molar refractivity (Wildman–Crippen MR) is 81.9 cm³/mol. The molecule has 2 fully saturated rings. The highest BCUT2D eigenvalue weighted by Crippen LogP contribution is 2.35. The molecule has 3 atom stereocenters. The number of amides is 1. The molecule has 1 aliphatic carbocycles. The van der Waals surface area contributed by atoms with E-state index in [1.54, 1.807) is 7.11 Å². The van der Waals surface area contributed by atoms with E-state index in [1.165, 1.54) is 12.8 Å². The molecular formula is C16H30N2O3. The Kier molecular flexibility index (Phi) is 5.49. The Morgan fingerprint density at radius 2 is 1.90 bits per heavy atom. The van der Waals surface area contributed by atoms with E-state index in [2.05, 4.69) is 5.48 Å². The summed E-state index contributed by atoms with van der Waals surface area (Å²) in [6, 6.07) is 0.631. The van der Waals surface area contributed by atoms with Crippen molar-refractivity contribution in [3.8, 4) is 0 Å². The maximum Gasteiger partial charge on any atom is 0.410 e. The number of carbonyl (C=O) groups is 1. The topological polar surface area (TPSA) is 50.8 Å². The first-order valence-electron chi connectivity index (χ1n) is 8.20. The van der Waals surface area contributed by atoms with E-state index in [4.69, 9.17) is 9.57 Å². The normalized spacial score (nSPS) is 30.5. The number of nitrogens with one attached hydrogen (secondary N) is 1. The first kappa shape index (κ1) is 16.6. The second kappa shape index (κ2) is 6.97. The summed E-state index contributed by atoms with van der Waals surface area (Å²) >= 11 is 0. The zero-order valence-electron chi connectivity index (χ0n) is 13.9. The number of likely N-dealkylation sites (tertiary alicyclic amines) is 1. The fourth-order valence-corrected chi connectivity index (χ4v) is 3.70. The van der Waals surface area contributed by atoms with Crippen molar-refractivity contribution < 1.29 is 14.4 Å². The molecule has 0 radical (unpaired) electrons. The van der Waals surface area contributed by atoms with Crippen molar-refractivity contribution in [1.82, 2.24) is 10.4 Å². The number of hydrogen-bond acceptors (Lipinski definition) is 4. The minimum absolute atomic E-state index is 0.157. The van der Waals surface area contributed by atoms with Crippen LogP contribution in [0.25, 0.3) is 0 Å². The molecule has 0 aromatic rings. The molecule has 0 bridgehead atoms. The molecule has 0 aromatic heterocycles. The van der Waals surface area contributed by atoms with Crippen LogP contribution in [0.3, 0.4) is 0 Å². The van der Waals surface area contributed by atoms with Crippen LogP contribution >= 0.6 is 0 Å². The van der Waals surface area contributed by atoms with Crippen molar-refractivity contribution in [3.05, 3.63) is 0 Å². The molecular weight excluding hydrogens is 268 g/mol. The monoisotopic (exact) mass is 298 g/mol. The van der Waals surface area contributed by atoms with Gasteiger partial charge in [0.15, 0.2) is 0 Å². The lowest BCUT2D eigenvalue weighted by atomic mass is 9.87. The van der Waals surface area contributed by atoms with Gasteiger partial charge in [-0.05, 0) is 58.8 Å². The third kappa shape index (κ3) is 4.33. The zero-order valence-corrected chi connectivity index (χ0v) is 13.9. The molecule has 1 saturated carbocycles. The van der Waals surface area contributed by atoms with Gasteiger partial charge in [0.2, 0.25) is 0 Å². The van der Waals surface area contributed by atoms with E-state index in [0.29, 0.717) is 12.0 Å². The van der Waals surface area contributed by atoms with Crippen molar-refractivity contribution in [3.63, 3.8) is 0 Å². The quantitative estimate of drug-likeness (QED) is 0.813. The summed E-state index contributed by atoms with van der Waals surface area (Å²) in [6.45, 7) is 6.59. The maximum atomic E-state index is 12.5. The van der Waals surface area contributed by atoms with Gasteiger partial charge in [-0.15, -0.1) is 0 Å². The van der Waals surface area contributed by atoms with Gasteiger partial charge in [0.1, 0.15) is 5.60 Å². The Labute approximate surface area is 128 Å². The Balaban J connectivity index is 2.06. The number of hydrogen-bond donors (Lipinski definition) is 1. The lowest BCUT2D eigenvalue weighted by Crippen LogP contribution is -2.52. The number of hydroxylamine groups is 1. The summed E-state index contributed by atoms with van der Waals surface area (Å²) in [5.41, 5.74) is 2.69. The Morgan fingerprint density at radius 3 is 2.57 bits per heavy atom. The zero-order chi connectivity index (χ0) is 15.5. The standard InChI is InChI=1S/C16H30N2O3/c1-16(2,3)21-15(19)18-11-6-5-10-14(18)12-8-7-9-13(12)17-20-4/h12-14,17H,5-11H2,1-4H3. The van der Waals surface area contributed by atoms with Crippen LogP contribution in [0.4, 0.5) is 4.79 Å². The molecule has 1 saturated heterocycles. The Hall–Kier alpha value is -0.810. The van der Waals surface area contributed by atoms with Crippen LogP contribution in [-0.4, -0.2) is 42.3 Å². The highest BCUT2D eigenvalue weighted by molar-refractivity contribution is 5.68. The molecule has 1 amide bonds. The summed E-state index contributed by atoms with van der Waals surface area (Å²) < 4.78 is 5.60. The molecule has 3 unspecified atom stereocenters. The van der Waals surface area contributed by atoms with Crippen LogP contribution in [0, 0.1) is 5.92 Å². The van der Waals surface area contributed by atoms with Gasteiger partial charge in [0.05, 0.1) is 7.11 Å². The van der Waals surface area contributed by atoms with E-state index >= 15 is 0 Å². The second-order valence-corrected chi connectivity index (χ2v) is 7.26. The average Bonchev–Trinajstić information content (AvgIpc) is 2.85. The van der Waals surface area contributed by atoms with Crippen molar-refractivity contribution in [2.75, 3.05) is 13.7 Å². The highest BCUT2D eigenvalue weighted by atomic mass is 16.6. The van der Waals surface area contributed by atoms with Crippen LogP contribution < -0.4 is 5.48 Å². The van der Waals surface area contributed by atoms with Gasteiger partial charge in [-0.25, -0.2) is 4.79 Å². The molecule has 0 spiro atoms. The molecule has 2 aliphatic rings. The van der Waals surface area contributed by atoms with Gasteiger partial charge in [-0.2, -0.15) is 5.48 Å². The molecule has 1 heterocycles. The van der Waals surface area contributed by atoms with E-state index in [-0.39, 0.29) is 12.1 Å². The van der Waals surface area contributed by atoms with Crippen molar-refractivity contribution in [1.29, 1.82) is 0 Å². The molecule has 5 heteroatoms. The lowest BCUT2D eigenvalue weighted by molar-refractivity contribution is -0.0114. The van der Waals surface area contributed by atoms with Crippen LogP contribution in [0.5, 0.6) is 0 Å². The second-order valence-electron chi connectivity index (χ2n) is 7.26. The van der Waals surface area contributed by atoms with Gasteiger partial charge >= 0.3 is 6.09 Å². The number of nitrogens with zero attached hydrogens (tertiary/aromatic N) is 1. The highest BCUT2D eigenvalue weighted by Gasteiger charge is 2.40. The number of piperidine rings is 1. The summed E-state index contributed by atoms with van der Waals surface area (Å²) in [4.78, 5) is 19.6. The molecule has 1 aliphatic heterocycles. The van der Waals surface area contributed by atoms with Gasteiger partial charge in [-0.3, -0.25) is 0 Å². The third-order valence-corrected chi connectivity index (χ3v) is 4.51. The predicted octanol–water partition coefficient (Wildman–Crippen LogP) is 3.10. The molecule has 122 valence electrons. The Bertz CT molecular complexity index is 354. The van der Waals surface area contributed by atoms with Crippen molar-refractivity contribution in [2.24, 2.45) is 5.92 Å². The van der Waals surface area contributed by atoms with E-state index in [1.807, 2.05) is 25.7 Å². The summed E-state index contributed by atoms with van der Waals surface area (Å²) in [7, 11) is 1.67. The van der Waals surface area contributed by atoms with Crippen LogP contribution in [0.15, 0.2) is 0 Å². The summed E-state index contributed by atoms with van der Waals surface area (Å²) in [5, 5.41) is 0. The van der Waals surface area contributed by atoms with Gasteiger partial charge in [-0.1, -0.05) is 6.42 Å². The first-order valence-corrected chi connectivity index (χ1v) is 8.20. The number of rotatable bonds is 3. The molecule has 1 N–H and O–H groups in total. The van der Waals surface area contributed by atoms with Crippen molar-refractivity contribution in [2.45, 2.75) is 77.0 Å². The van der Waals surface area contributed by atoms with Gasteiger partial charge < -0.3 is 14.5 Å². The molecule has 2 rings (SSSR count). The fraction of sp³-hybridized carbons (Fsp3) is 0.938. The van der Waals surface area contributed by atoms with Crippen LogP contribution in [0.2, 0.25) is 0 Å². The third-order valence-electron chi connectivity index (χ3n) is 4.51. The Morgan fingerprint density at radius 1 is 1.14 bits per heavy atom. The number of carbonyl (C=O) groups excluding carboxylic acids is 1. The lowest BCUT2D eigenvalue weighted by Gasteiger charge is -2.41. The average molecular weight is 298 g/mol. The molecule has 5 nitrogen and oxygen atoms in total. The molecule has 0 aromatic carbocycles. The molecule has 21 heavy (non-hydrogen) atoms. The van der Waals surface area contributed by atoms with Crippen LogP contribution in [-0.2, 0) is 9.57 Å². The largest absolute Gasteiger partial charge is 0.444 e. The first-order chi connectivity index (χ1) is 9.92. The fourth-order valence-electron chi connectivity index (χ4n) is 3.70. The van der Waals surface area contributed by atoms with Crippen molar-refractivity contribution >= 4 is 6.09 Å². The van der Waals surface area contributed by atoms with Gasteiger partial charge in [0.25, 0.3) is 0 Å². The van der Waals surface area contributed by atoms with E-state index < -0.39 is 5.60 Å². The summed E-state index contributed by atoms with van der Waals surface area (Å²) in [6.07, 6.45) is 6.67. The number of ether oxygens (including phenoxy) is 1. The minimum Gasteiger partial charge on any atom is -0.444 e.